The Labute approximate surface area is 120 Å². The number of rotatable bonds is 7. The Bertz CT molecular complexity index is 415. The fourth-order valence-corrected chi connectivity index (χ4v) is 3.52. The lowest BCUT2D eigenvalue weighted by Crippen LogP contribution is -2.34. The van der Waals surface area contributed by atoms with Gasteiger partial charge in [0.05, 0.1) is 0 Å². The standard InChI is InChI=1S/C13H19BrN2OS/c1-15-8-13(4-5-13)9-16-12(17)3-2-11-6-10(14)7-18-11/h6-7,15H,2-5,8-9H2,1H3,(H,16,17). The molecule has 1 aliphatic carbocycles. The molecule has 1 aliphatic rings. The average Bonchev–Trinajstić information content (AvgIpc) is 2.99. The summed E-state index contributed by atoms with van der Waals surface area (Å²) >= 11 is 5.12. The lowest BCUT2D eigenvalue weighted by atomic mass is 10.1. The topological polar surface area (TPSA) is 41.1 Å². The van der Waals surface area contributed by atoms with Crippen LogP contribution in [0.5, 0.6) is 0 Å². The molecule has 0 bridgehead atoms. The highest BCUT2D eigenvalue weighted by Crippen LogP contribution is 2.44. The van der Waals surface area contributed by atoms with Crippen LogP contribution in [0, 0.1) is 5.41 Å². The first-order chi connectivity index (χ1) is 8.63. The number of aryl methyl sites for hydroxylation is 1. The van der Waals surface area contributed by atoms with E-state index in [2.05, 4.69) is 38.0 Å². The van der Waals surface area contributed by atoms with E-state index in [0.29, 0.717) is 11.8 Å². The SMILES string of the molecule is CNCC1(CNC(=O)CCc2cc(Br)cs2)CC1. The first-order valence-electron chi connectivity index (χ1n) is 6.28. The minimum Gasteiger partial charge on any atom is -0.355 e. The van der Waals surface area contributed by atoms with Crippen LogP contribution in [0.2, 0.25) is 0 Å². The zero-order chi connectivity index (χ0) is 13.0. The second-order valence-electron chi connectivity index (χ2n) is 5.04. The molecule has 100 valence electrons. The molecule has 1 aromatic heterocycles. The van der Waals surface area contributed by atoms with Crippen LogP contribution in [0.3, 0.4) is 0 Å². The molecule has 0 radical (unpaired) electrons. The predicted molar refractivity (Wildman–Crippen MR) is 78.9 cm³/mol. The van der Waals surface area contributed by atoms with Gasteiger partial charge in [-0.25, -0.2) is 0 Å². The maximum absolute atomic E-state index is 11.8. The Morgan fingerprint density at radius 1 is 1.50 bits per heavy atom. The maximum atomic E-state index is 11.8. The second-order valence-corrected chi connectivity index (χ2v) is 6.95. The van der Waals surface area contributed by atoms with Gasteiger partial charge in [0.1, 0.15) is 0 Å². The minimum absolute atomic E-state index is 0.168. The summed E-state index contributed by atoms with van der Waals surface area (Å²) in [6.45, 7) is 1.83. The first-order valence-corrected chi connectivity index (χ1v) is 7.95. The van der Waals surface area contributed by atoms with E-state index in [9.17, 15) is 4.79 Å². The molecule has 0 aromatic carbocycles. The highest BCUT2D eigenvalue weighted by Gasteiger charge is 2.41. The third-order valence-electron chi connectivity index (χ3n) is 3.39. The van der Waals surface area contributed by atoms with Crippen molar-refractivity contribution in [1.82, 2.24) is 10.6 Å². The van der Waals surface area contributed by atoms with Crippen molar-refractivity contribution in [2.45, 2.75) is 25.7 Å². The van der Waals surface area contributed by atoms with Gasteiger partial charge in [-0.1, -0.05) is 0 Å². The molecular weight excluding hydrogens is 312 g/mol. The van der Waals surface area contributed by atoms with Crippen molar-refractivity contribution in [1.29, 1.82) is 0 Å². The van der Waals surface area contributed by atoms with Crippen LogP contribution in [0.25, 0.3) is 0 Å². The quantitative estimate of drug-likeness (QED) is 0.806. The van der Waals surface area contributed by atoms with Gasteiger partial charge in [-0.05, 0) is 48.3 Å². The smallest absolute Gasteiger partial charge is 0.220 e. The maximum Gasteiger partial charge on any atom is 0.220 e. The Hall–Kier alpha value is -0.390. The van der Waals surface area contributed by atoms with Crippen molar-refractivity contribution in [3.63, 3.8) is 0 Å². The third kappa shape index (κ3) is 4.07. The van der Waals surface area contributed by atoms with E-state index in [1.807, 2.05) is 7.05 Å². The Morgan fingerprint density at radius 3 is 2.83 bits per heavy atom. The zero-order valence-electron chi connectivity index (χ0n) is 10.6. The normalized spacial score (nSPS) is 16.6. The van der Waals surface area contributed by atoms with Gasteiger partial charge in [-0.15, -0.1) is 11.3 Å². The van der Waals surface area contributed by atoms with Gasteiger partial charge in [0.25, 0.3) is 0 Å². The Kier molecular flexibility index (Phi) is 4.81. The molecular formula is C13H19BrN2OS. The lowest BCUT2D eigenvalue weighted by Gasteiger charge is -2.15. The number of hydrogen-bond donors (Lipinski definition) is 2. The second kappa shape index (κ2) is 6.17. The molecule has 1 saturated carbocycles. The molecule has 1 fully saturated rings. The van der Waals surface area contributed by atoms with Crippen LogP contribution in [0.15, 0.2) is 15.9 Å². The summed E-state index contributed by atoms with van der Waals surface area (Å²) in [5.41, 5.74) is 0.344. The molecule has 0 atom stereocenters. The molecule has 3 nitrogen and oxygen atoms in total. The van der Waals surface area contributed by atoms with Crippen LogP contribution < -0.4 is 10.6 Å². The summed E-state index contributed by atoms with van der Waals surface area (Å²) in [6, 6.07) is 2.08. The number of nitrogens with one attached hydrogen (secondary N) is 2. The summed E-state index contributed by atoms with van der Waals surface area (Å²) in [5.74, 6) is 0.168. The van der Waals surface area contributed by atoms with Gasteiger partial charge in [-0.2, -0.15) is 0 Å². The van der Waals surface area contributed by atoms with Crippen LogP contribution in [0.1, 0.15) is 24.1 Å². The van der Waals surface area contributed by atoms with E-state index in [4.69, 9.17) is 0 Å². The molecule has 2 rings (SSSR count). The number of amides is 1. The van der Waals surface area contributed by atoms with Crippen molar-refractivity contribution < 1.29 is 4.79 Å². The van der Waals surface area contributed by atoms with Crippen molar-refractivity contribution >= 4 is 33.2 Å². The van der Waals surface area contributed by atoms with E-state index in [-0.39, 0.29) is 5.91 Å². The van der Waals surface area contributed by atoms with Crippen LogP contribution >= 0.6 is 27.3 Å². The molecule has 18 heavy (non-hydrogen) atoms. The molecule has 0 aliphatic heterocycles. The van der Waals surface area contributed by atoms with Gasteiger partial charge >= 0.3 is 0 Å². The lowest BCUT2D eigenvalue weighted by molar-refractivity contribution is -0.121. The molecule has 1 heterocycles. The number of hydrogen-bond acceptors (Lipinski definition) is 3. The number of thiophene rings is 1. The molecule has 0 spiro atoms. The first kappa shape index (κ1) is 14.0. The van der Waals surface area contributed by atoms with E-state index in [1.54, 1.807) is 11.3 Å². The van der Waals surface area contributed by atoms with Gasteiger partial charge in [0.2, 0.25) is 5.91 Å². The minimum atomic E-state index is 0.168. The largest absolute Gasteiger partial charge is 0.355 e. The molecule has 5 heteroatoms. The highest BCUT2D eigenvalue weighted by atomic mass is 79.9. The average molecular weight is 331 g/mol. The van der Waals surface area contributed by atoms with Crippen molar-refractivity contribution in [2.75, 3.05) is 20.1 Å². The number of carbonyl (C=O) groups is 1. The summed E-state index contributed by atoms with van der Waals surface area (Å²) in [4.78, 5) is 13.0. The molecule has 0 unspecified atom stereocenters. The molecule has 2 N–H and O–H groups in total. The van der Waals surface area contributed by atoms with E-state index in [1.165, 1.54) is 17.7 Å². The van der Waals surface area contributed by atoms with Crippen molar-refractivity contribution in [3.8, 4) is 0 Å². The van der Waals surface area contributed by atoms with Gasteiger partial charge in [0, 0.05) is 39.7 Å². The highest BCUT2D eigenvalue weighted by molar-refractivity contribution is 9.10. The Morgan fingerprint density at radius 2 is 2.28 bits per heavy atom. The van der Waals surface area contributed by atoms with E-state index < -0.39 is 0 Å². The monoisotopic (exact) mass is 330 g/mol. The number of carbonyl (C=O) groups excluding carboxylic acids is 1. The van der Waals surface area contributed by atoms with Crippen LogP contribution in [-0.4, -0.2) is 26.0 Å². The number of halogens is 1. The van der Waals surface area contributed by atoms with Gasteiger partial charge in [0.15, 0.2) is 0 Å². The summed E-state index contributed by atoms with van der Waals surface area (Å²) in [5, 5.41) is 8.32. The van der Waals surface area contributed by atoms with E-state index in [0.717, 1.165) is 24.0 Å². The summed E-state index contributed by atoms with van der Waals surface area (Å²) in [6.07, 6.45) is 3.88. The van der Waals surface area contributed by atoms with Crippen LogP contribution in [-0.2, 0) is 11.2 Å². The fourth-order valence-electron chi connectivity index (χ4n) is 2.06. The molecule has 1 amide bonds. The summed E-state index contributed by atoms with van der Waals surface area (Å²) in [7, 11) is 1.97. The zero-order valence-corrected chi connectivity index (χ0v) is 13.0. The van der Waals surface area contributed by atoms with Crippen molar-refractivity contribution in [2.24, 2.45) is 5.41 Å². The fraction of sp³-hybridized carbons (Fsp3) is 0.615. The van der Waals surface area contributed by atoms with Gasteiger partial charge in [-0.3, -0.25) is 4.79 Å². The van der Waals surface area contributed by atoms with Crippen molar-refractivity contribution in [3.05, 3.63) is 20.8 Å². The molecule has 1 aromatic rings. The summed E-state index contributed by atoms with van der Waals surface area (Å²) < 4.78 is 1.11. The van der Waals surface area contributed by atoms with E-state index >= 15 is 0 Å². The predicted octanol–water partition coefficient (Wildman–Crippen LogP) is 2.56. The Balaban J connectivity index is 1.66. The van der Waals surface area contributed by atoms with Gasteiger partial charge < -0.3 is 10.6 Å². The molecule has 0 saturated heterocycles. The third-order valence-corrected chi connectivity index (χ3v) is 5.15. The van der Waals surface area contributed by atoms with Crippen LogP contribution in [0.4, 0.5) is 0 Å².